The van der Waals surface area contributed by atoms with Crippen LogP contribution >= 0.6 is 0 Å². The standard InChI is InChI=1S/C14H17N3O3/c1-2-19-13-11-12(5-7-15-13)14(18)20-10-4-9-17-8-3-6-16-17/h3,5-8,11H,2,4,9-10H2,1H3. The molecule has 2 aromatic heterocycles. The maximum Gasteiger partial charge on any atom is 0.338 e. The van der Waals surface area contributed by atoms with E-state index in [2.05, 4.69) is 10.1 Å². The third-order valence-corrected chi connectivity index (χ3v) is 2.59. The first-order chi connectivity index (χ1) is 9.79. The minimum absolute atomic E-state index is 0.352. The third-order valence-electron chi connectivity index (χ3n) is 2.59. The molecule has 2 aromatic rings. The number of aryl methyl sites for hydroxylation is 1. The Labute approximate surface area is 117 Å². The highest BCUT2D eigenvalue weighted by Gasteiger charge is 2.08. The van der Waals surface area contributed by atoms with Crippen molar-refractivity contribution in [2.75, 3.05) is 13.2 Å². The molecule has 106 valence electrons. The molecule has 0 aromatic carbocycles. The van der Waals surface area contributed by atoms with E-state index in [0.29, 0.717) is 24.7 Å². The Morgan fingerprint density at radius 2 is 2.30 bits per heavy atom. The van der Waals surface area contributed by atoms with Crippen LogP contribution in [0, 0.1) is 0 Å². The van der Waals surface area contributed by atoms with Crippen LogP contribution < -0.4 is 4.74 Å². The van der Waals surface area contributed by atoms with Gasteiger partial charge < -0.3 is 9.47 Å². The molecule has 6 nitrogen and oxygen atoms in total. The summed E-state index contributed by atoms with van der Waals surface area (Å²) in [7, 11) is 0. The normalized spacial score (nSPS) is 10.2. The van der Waals surface area contributed by atoms with Gasteiger partial charge in [-0.05, 0) is 19.1 Å². The first-order valence-electron chi connectivity index (χ1n) is 6.53. The van der Waals surface area contributed by atoms with E-state index < -0.39 is 0 Å². The molecule has 0 saturated heterocycles. The second-order valence-electron chi connectivity index (χ2n) is 4.07. The van der Waals surface area contributed by atoms with Gasteiger partial charge in [-0.2, -0.15) is 5.10 Å². The Kier molecular flexibility index (Phi) is 5.11. The molecule has 0 N–H and O–H groups in total. The molecule has 2 heterocycles. The van der Waals surface area contributed by atoms with Crippen molar-refractivity contribution in [2.45, 2.75) is 19.9 Å². The van der Waals surface area contributed by atoms with Crippen molar-refractivity contribution in [3.8, 4) is 5.88 Å². The van der Waals surface area contributed by atoms with Gasteiger partial charge in [0.2, 0.25) is 5.88 Å². The number of hydrogen-bond acceptors (Lipinski definition) is 5. The van der Waals surface area contributed by atoms with Gasteiger partial charge in [0.15, 0.2) is 0 Å². The minimum atomic E-state index is -0.367. The van der Waals surface area contributed by atoms with Crippen LogP contribution in [0.1, 0.15) is 23.7 Å². The van der Waals surface area contributed by atoms with Crippen LogP contribution in [0.25, 0.3) is 0 Å². The fraction of sp³-hybridized carbons (Fsp3) is 0.357. The van der Waals surface area contributed by atoms with Crippen molar-refractivity contribution >= 4 is 5.97 Å². The number of carbonyl (C=O) groups is 1. The first-order valence-corrected chi connectivity index (χ1v) is 6.53. The van der Waals surface area contributed by atoms with E-state index in [4.69, 9.17) is 9.47 Å². The Bertz CT molecular complexity index is 540. The lowest BCUT2D eigenvalue weighted by Gasteiger charge is -2.06. The molecule has 0 aliphatic heterocycles. The van der Waals surface area contributed by atoms with E-state index in [9.17, 15) is 4.79 Å². The van der Waals surface area contributed by atoms with Crippen molar-refractivity contribution in [1.29, 1.82) is 0 Å². The molecule has 0 atom stereocenters. The van der Waals surface area contributed by atoms with Crippen LogP contribution in [0.4, 0.5) is 0 Å². The Hall–Kier alpha value is -2.37. The molecule has 2 rings (SSSR count). The van der Waals surface area contributed by atoms with Crippen LogP contribution in [0.15, 0.2) is 36.8 Å². The van der Waals surface area contributed by atoms with Crippen LogP contribution in [-0.2, 0) is 11.3 Å². The summed E-state index contributed by atoms with van der Waals surface area (Å²) in [6, 6.07) is 5.05. The summed E-state index contributed by atoms with van der Waals surface area (Å²) in [5.41, 5.74) is 0.447. The SMILES string of the molecule is CCOc1cc(C(=O)OCCCn2cccn2)ccn1. The fourth-order valence-corrected chi connectivity index (χ4v) is 1.67. The monoisotopic (exact) mass is 275 g/mol. The molecule has 6 heteroatoms. The zero-order valence-corrected chi connectivity index (χ0v) is 11.4. The lowest BCUT2D eigenvalue weighted by molar-refractivity contribution is 0.0494. The average Bonchev–Trinajstić information content (AvgIpc) is 2.97. The van der Waals surface area contributed by atoms with E-state index in [0.717, 1.165) is 13.0 Å². The molecular formula is C14H17N3O3. The second-order valence-corrected chi connectivity index (χ2v) is 4.07. The number of rotatable bonds is 7. The van der Waals surface area contributed by atoms with Gasteiger partial charge in [-0.15, -0.1) is 0 Å². The number of ether oxygens (including phenoxy) is 2. The third kappa shape index (κ3) is 4.08. The first kappa shape index (κ1) is 14.0. The summed E-state index contributed by atoms with van der Waals surface area (Å²) in [6.07, 6.45) is 5.85. The smallest absolute Gasteiger partial charge is 0.338 e. The van der Waals surface area contributed by atoms with Crippen LogP contribution in [0.2, 0.25) is 0 Å². The molecular weight excluding hydrogens is 258 g/mol. The van der Waals surface area contributed by atoms with Crippen LogP contribution in [-0.4, -0.2) is 33.9 Å². The Balaban J connectivity index is 1.78. The van der Waals surface area contributed by atoms with Gasteiger partial charge >= 0.3 is 5.97 Å². The van der Waals surface area contributed by atoms with Crippen LogP contribution in [0.5, 0.6) is 5.88 Å². The summed E-state index contributed by atoms with van der Waals surface area (Å²) in [5, 5.41) is 4.07. The highest BCUT2D eigenvalue weighted by atomic mass is 16.5. The zero-order chi connectivity index (χ0) is 14.2. The summed E-state index contributed by atoms with van der Waals surface area (Å²) >= 11 is 0. The number of carbonyl (C=O) groups excluding carboxylic acids is 1. The molecule has 0 fully saturated rings. The van der Waals surface area contributed by atoms with Gasteiger partial charge in [-0.25, -0.2) is 9.78 Å². The largest absolute Gasteiger partial charge is 0.478 e. The van der Waals surface area contributed by atoms with E-state index in [1.807, 2.05) is 19.2 Å². The fourth-order valence-electron chi connectivity index (χ4n) is 1.67. The highest BCUT2D eigenvalue weighted by Crippen LogP contribution is 2.10. The highest BCUT2D eigenvalue weighted by molar-refractivity contribution is 5.89. The number of pyridine rings is 1. The number of esters is 1. The molecule has 0 bridgehead atoms. The van der Waals surface area contributed by atoms with E-state index in [1.165, 1.54) is 6.20 Å². The quantitative estimate of drug-likeness (QED) is 0.570. The molecule has 0 spiro atoms. The van der Waals surface area contributed by atoms with Crippen molar-refractivity contribution in [2.24, 2.45) is 0 Å². The summed E-state index contributed by atoms with van der Waals surface area (Å²) in [5.74, 6) is 0.0623. The molecule has 0 aliphatic rings. The van der Waals surface area contributed by atoms with Crippen molar-refractivity contribution < 1.29 is 14.3 Å². The van der Waals surface area contributed by atoms with E-state index >= 15 is 0 Å². The Morgan fingerprint density at radius 3 is 3.05 bits per heavy atom. The number of aromatic nitrogens is 3. The topological polar surface area (TPSA) is 66.2 Å². The number of nitrogens with zero attached hydrogens (tertiary/aromatic N) is 3. The van der Waals surface area contributed by atoms with E-state index in [1.54, 1.807) is 23.0 Å². The average molecular weight is 275 g/mol. The summed E-state index contributed by atoms with van der Waals surface area (Å²) in [6.45, 7) is 3.45. The molecule has 0 saturated carbocycles. The lowest BCUT2D eigenvalue weighted by Crippen LogP contribution is -2.09. The lowest BCUT2D eigenvalue weighted by atomic mass is 10.3. The molecule has 0 radical (unpaired) electrons. The molecule has 0 amide bonds. The predicted octanol–water partition coefficient (Wildman–Crippen LogP) is 1.92. The van der Waals surface area contributed by atoms with Gasteiger partial charge in [0.25, 0.3) is 0 Å². The zero-order valence-electron chi connectivity index (χ0n) is 11.4. The number of hydrogen-bond donors (Lipinski definition) is 0. The van der Waals surface area contributed by atoms with Crippen molar-refractivity contribution in [3.63, 3.8) is 0 Å². The minimum Gasteiger partial charge on any atom is -0.478 e. The molecule has 20 heavy (non-hydrogen) atoms. The maximum absolute atomic E-state index is 11.8. The van der Waals surface area contributed by atoms with E-state index in [-0.39, 0.29) is 5.97 Å². The van der Waals surface area contributed by atoms with Gasteiger partial charge in [0, 0.05) is 37.6 Å². The Morgan fingerprint density at radius 1 is 1.40 bits per heavy atom. The van der Waals surface area contributed by atoms with Crippen molar-refractivity contribution in [1.82, 2.24) is 14.8 Å². The summed E-state index contributed by atoms with van der Waals surface area (Å²) in [4.78, 5) is 15.8. The van der Waals surface area contributed by atoms with Crippen molar-refractivity contribution in [3.05, 3.63) is 42.4 Å². The molecule has 0 unspecified atom stereocenters. The maximum atomic E-state index is 11.8. The molecule has 0 aliphatic carbocycles. The van der Waals surface area contributed by atoms with Gasteiger partial charge in [-0.1, -0.05) is 0 Å². The van der Waals surface area contributed by atoms with Gasteiger partial charge in [-0.3, -0.25) is 4.68 Å². The summed E-state index contributed by atoms with van der Waals surface area (Å²) < 4.78 is 12.2. The predicted molar refractivity (Wildman–Crippen MR) is 72.5 cm³/mol. The second kappa shape index (κ2) is 7.28. The van der Waals surface area contributed by atoms with Crippen LogP contribution in [0.3, 0.4) is 0 Å². The van der Waals surface area contributed by atoms with Gasteiger partial charge in [0.1, 0.15) is 0 Å². The van der Waals surface area contributed by atoms with Gasteiger partial charge in [0.05, 0.1) is 18.8 Å².